The van der Waals surface area contributed by atoms with Crippen LogP contribution in [0.15, 0.2) is 16.5 Å². The van der Waals surface area contributed by atoms with Crippen LogP contribution in [0.4, 0.5) is 0 Å². The van der Waals surface area contributed by atoms with Gasteiger partial charge < -0.3 is 14.6 Å². The van der Waals surface area contributed by atoms with Crippen molar-refractivity contribution >= 4 is 5.91 Å². The third kappa shape index (κ3) is 4.10. The van der Waals surface area contributed by atoms with Gasteiger partial charge in [0.25, 0.3) is 0 Å². The van der Waals surface area contributed by atoms with Gasteiger partial charge in [0, 0.05) is 38.0 Å². The number of hydrogen-bond acceptors (Lipinski definition) is 3. The monoisotopic (exact) mass is 264 g/mol. The van der Waals surface area contributed by atoms with Gasteiger partial charge in [0.15, 0.2) is 0 Å². The van der Waals surface area contributed by atoms with Gasteiger partial charge in [0.05, 0.1) is 0 Å². The zero-order valence-electron chi connectivity index (χ0n) is 12.2. The molecule has 0 spiro atoms. The first-order valence-electron chi connectivity index (χ1n) is 7.04. The van der Waals surface area contributed by atoms with Crippen LogP contribution < -0.4 is 5.32 Å². The van der Waals surface area contributed by atoms with Crippen molar-refractivity contribution < 1.29 is 9.21 Å². The molecule has 1 aromatic rings. The second-order valence-electron chi connectivity index (χ2n) is 5.99. The van der Waals surface area contributed by atoms with Crippen molar-refractivity contribution in [2.24, 2.45) is 0 Å². The first-order chi connectivity index (χ1) is 8.96. The normalized spacial score (nSPS) is 18.6. The van der Waals surface area contributed by atoms with Crippen LogP contribution in [0.25, 0.3) is 0 Å². The fraction of sp³-hybridized carbons (Fsp3) is 0.667. The van der Waals surface area contributed by atoms with Gasteiger partial charge in [0.2, 0.25) is 5.91 Å². The summed E-state index contributed by atoms with van der Waals surface area (Å²) in [5.41, 5.74) is 0.0338. The number of nitrogens with one attached hydrogen (secondary N) is 1. The van der Waals surface area contributed by atoms with Crippen LogP contribution in [0, 0.1) is 6.92 Å². The number of piperazine rings is 1. The Morgan fingerprint density at radius 1 is 1.47 bits per heavy atom. The molecular weight excluding hydrogens is 240 g/mol. The molecule has 0 aliphatic carbocycles. The first-order valence-corrected chi connectivity index (χ1v) is 7.04. The van der Waals surface area contributed by atoms with Crippen molar-refractivity contribution in [2.45, 2.75) is 45.6 Å². The van der Waals surface area contributed by atoms with E-state index < -0.39 is 0 Å². The van der Waals surface area contributed by atoms with Gasteiger partial charge in [-0.2, -0.15) is 0 Å². The number of nitrogens with zero attached hydrogens (tertiary/aromatic N) is 1. The maximum absolute atomic E-state index is 12.1. The van der Waals surface area contributed by atoms with Crippen molar-refractivity contribution in [2.75, 3.05) is 19.6 Å². The second kappa shape index (κ2) is 5.78. The van der Waals surface area contributed by atoms with E-state index in [0.29, 0.717) is 6.42 Å². The molecule has 19 heavy (non-hydrogen) atoms. The predicted octanol–water partition coefficient (Wildman–Crippen LogP) is 2.12. The largest absolute Gasteiger partial charge is 0.466 e. The molecule has 4 heteroatoms. The van der Waals surface area contributed by atoms with E-state index in [1.54, 1.807) is 0 Å². The van der Waals surface area contributed by atoms with Gasteiger partial charge in [-0.25, -0.2) is 0 Å². The lowest BCUT2D eigenvalue weighted by atomic mass is 10.0. The molecule has 1 aliphatic heterocycles. The lowest BCUT2D eigenvalue weighted by Gasteiger charge is -2.39. The van der Waals surface area contributed by atoms with Crippen molar-refractivity contribution in [3.8, 4) is 0 Å². The fourth-order valence-electron chi connectivity index (χ4n) is 2.55. The highest BCUT2D eigenvalue weighted by Crippen LogP contribution is 2.14. The number of hydrogen-bond donors (Lipinski definition) is 1. The molecule has 1 fully saturated rings. The van der Waals surface area contributed by atoms with Crippen molar-refractivity contribution in [3.05, 3.63) is 23.7 Å². The minimum Gasteiger partial charge on any atom is -0.466 e. The van der Waals surface area contributed by atoms with Crippen molar-refractivity contribution in [1.29, 1.82) is 0 Å². The number of carbonyl (C=O) groups is 1. The van der Waals surface area contributed by atoms with Gasteiger partial charge in [-0.3, -0.25) is 4.79 Å². The summed E-state index contributed by atoms with van der Waals surface area (Å²) < 4.78 is 5.51. The molecule has 0 saturated carbocycles. The third-order valence-corrected chi connectivity index (χ3v) is 3.53. The molecule has 4 nitrogen and oxygen atoms in total. The molecule has 2 heterocycles. The maximum atomic E-state index is 12.1. The number of amides is 1. The highest BCUT2D eigenvalue weighted by Gasteiger charge is 2.28. The van der Waals surface area contributed by atoms with E-state index in [1.807, 2.05) is 24.0 Å². The highest BCUT2D eigenvalue weighted by molar-refractivity contribution is 5.76. The molecule has 1 aliphatic rings. The average molecular weight is 264 g/mol. The summed E-state index contributed by atoms with van der Waals surface area (Å²) in [7, 11) is 0. The summed E-state index contributed by atoms with van der Waals surface area (Å²) in [5.74, 6) is 2.17. The molecule has 0 unspecified atom stereocenters. The topological polar surface area (TPSA) is 45.5 Å². The lowest BCUT2D eigenvalue weighted by molar-refractivity contribution is -0.133. The van der Waals surface area contributed by atoms with Crippen LogP contribution in [0.5, 0.6) is 0 Å². The van der Waals surface area contributed by atoms with Crippen LogP contribution in [0.1, 0.15) is 38.2 Å². The first kappa shape index (κ1) is 14.1. The van der Waals surface area contributed by atoms with Gasteiger partial charge in [-0.05, 0) is 39.3 Å². The second-order valence-corrected chi connectivity index (χ2v) is 5.99. The van der Waals surface area contributed by atoms with Gasteiger partial charge in [-0.15, -0.1) is 0 Å². The number of aryl methyl sites for hydroxylation is 2. The van der Waals surface area contributed by atoms with Gasteiger partial charge >= 0.3 is 0 Å². The van der Waals surface area contributed by atoms with E-state index in [9.17, 15) is 4.79 Å². The summed E-state index contributed by atoms with van der Waals surface area (Å²) in [6, 6.07) is 3.96. The fourth-order valence-corrected chi connectivity index (χ4v) is 2.55. The Balaban J connectivity index is 1.75. The molecule has 106 valence electrons. The molecule has 0 radical (unpaired) electrons. The smallest absolute Gasteiger partial charge is 0.222 e. The maximum Gasteiger partial charge on any atom is 0.222 e. The Kier molecular flexibility index (Phi) is 4.30. The highest BCUT2D eigenvalue weighted by atomic mass is 16.3. The average Bonchev–Trinajstić information content (AvgIpc) is 2.73. The van der Waals surface area contributed by atoms with E-state index >= 15 is 0 Å². The molecular formula is C15H24N2O2. The van der Waals surface area contributed by atoms with Crippen LogP contribution in [0.3, 0.4) is 0 Å². The van der Waals surface area contributed by atoms with Crippen molar-refractivity contribution in [1.82, 2.24) is 10.2 Å². The molecule has 1 N–H and O–H groups in total. The number of rotatable bonds is 4. The minimum atomic E-state index is 0.0338. The molecule has 0 aromatic carbocycles. The SMILES string of the molecule is Cc1ccc(CCCC(=O)N2CCNC(C)(C)C2)o1. The Bertz CT molecular complexity index is 437. The van der Waals surface area contributed by atoms with Gasteiger partial charge in [-0.1, -0.05) is 0 Å². The van der Waals surface area contributed by atoms with Crippen LogP contribution in [0.2, 0.25) is 0 Å². The summed E-state index contributed by atoms with van der Waals surface area (Å²) in [6.07, 6.45) is 2.31. The summed E-state index contributed by atoms with van der Waals surface area (Å²) in [4.78, 5) is 14.1. The van der Waals surface area contributed by atoms with Crippen LogP contribution >= 0.6 is 0 Å². The minimum absolute atomic E-state index is 0.0338. The van der Waals surface area contributed by atoms with E-state index in [0.717, 1.165) is 44.0 Å². The molecule has 2 rings (SSSR count). The molecule has 1 aromatic heterocycles. The standard InChI is InChI=1S/C15H24N2O2/c1-12-7-8-13(19-12)5-4-6-14(18)17-10-9-16-15(2,3)11-17/h7-8,16H,4-6,9-11H2,1-3H3. The lowest BCUT2D eigenvalue weighted by Crippen LogP contribution is -2.58. The molecule has 0 atom stereocenters. The Labute approximate surface area is 115 Å². The molecule has 1 saturated heterocycles. The molecule has 0 bridgehead atoms. The van der Waals surface area contributed by atoms with E-state index in [1.165, 1.54) is 0 Å². The van der Waals surface area contributed by atoms with Gasteiger partial charge in [0.1, 0.15) is 11.5 Å². The van der Waals surface area contributed by atoms with Crippen LogP contribution in [-0.2, 0) is 11.2 Å². The number of carbonyl (C=O) groups excluding carboxylic acids is 1. The predicted molar refractivity (Wildman–Crippen MR) is 75.0 cm³/mol. The summed E-state index contributed by atoms with van der Waals surface area (Å²) >= 11 is 0. The third-order valence-electron chi connectivity index (χ3n) is 3.53. The zero-order chi connectivity index (χ0) is 13.9. The quantitative estimate of drug-likeness (QED) is 0.906. The van der Waals surface area contributed by atoms with E-state index in [2.05, 4.69) is 19.2 Å². The summed E-state index contributed by atoms with van der Waals surface area (Å²) in [5, 5.41) is 3.42. The Hall–Kier alpha value is -1.29. The summed E-state index contributed by atoms with van der Waals surface area (Å²) in [6.45, 7) is 8.72. The van der Waals surface area contributed by atoms with E-state index in [4.69, 9.17) is 4.42 Å². The van der Waals surface area contributed by atoms with Crippen LogP contribution in [-0.4, -0.2) is 36.0 Å². The van der Waals surface area contributed by atoms with Crippen molar-refractivity contribution in [3.63, 3.8) is 0 Å². The zero-order valence-corrected chi connectivity index (χ0v) is 12.2. The Morgan fingerprint density at radius 3 is 2.89 bits per heavy atom. The Morgan fingerprint density at radius 2 is 2.26 bits per heavy atom. The number of furan rings is 1. The van der Waals surface area contributed by atoms with E-state index in [-0.39, 0.29) is 11.4 Å². The molecule has 1 amide bonds.